The van der Waals surface area contributed by atoms with E-state index in [0.717, 1.165) is 50.1 Å². The number of fused-ring (bicyclic) bond motifs is 7. The molecule has 0 saturated carbocycles. The average Bonchev–Trinajstić information content (AvgIpc) is 3.94. The molecule has 2 heteroatoms. The summed E-state index contributed by atoms with van der Waals surface area (Å²) in [6.45, 7) is 0. The quantitative estimate of drug-likeness (QED) is 0.151. The van der Waals surface area contributed by atoms with Crippen molar-refractivity contribution >= 4 is 49.8 Å². The first kappa shape index (κ1) is 38.7. The summed E-state index contributed by atoms with van der Waals surface area (Å²) in [5.74, 6) is 0. The molecule has 67 heavy (non-hydrogen) atoms. The number of para-hydroxylation sites is 2. The predicted molar refractivity (Wildman–Crippen MR) is 280 cm³/mol. The van der Waals surface area contributed by atoms with E-state index in [9.17, 15) is 0 Å². The summed E-state index contributed by atoms with van der Waals surface area (Å²) < 4.78 is 6.70. The van der Waals surface area contributed by atoms with Gasteiger partial charge >= 0.3 is 0 Å². The van der Waals surface area contributed by atoms with Crippen molar-refractivity contribution in [2.45, 2.75) is 5.41 Å². The van der Waals surface area contributed by atoms with Gasteiger partial charge in [0.1, 0.15) is 5.58 Å². The van der Waals surface area contributed by atoms with Crippen LogP contribution in [0, 0.1) is 0 Å². The highest BCUT2D eigenvalue weighted by Gasteiger charge is 2.46. The molecule has 13 rings (SSSR count). The number of hydrogen-bond acceptors (Lipinski definition) is 2. The molecule has 314 valence electrons. The minimum atomic E-state index is -0.462. The van der Waals surface area contributed by atoms with Crippen LogP contribution in [0.15, 0.2) is 265 Å². The van der Waals surface area contributed by atoms with Gasteiger partial charge in [-0.1, -0.05) is 212 Å². The minimum Gasteiger partial charge on any atom is -0.454 e. The standard InChI is InChI=1S/C65H43NO/c1-3-20-50(21-4-1)65(51-22-5-2-6-23-51)60-29-11-9-25-56(60)57-41-36-48(43-61(57)65)45-34-39-53(40-35-45)66(62-30-15-28-59-58-26-10-12-31-63(58)67-64(59)62)52-37-32-44(33-38-52)47-18-13-19-49(42-47)55-27-14-17-46-16-7-8-24-54(46)55/h1-43H. The molecule has 0 aliphatic heterocycles. The van der Waals surface area contributed by atoms with Crippen molar-refractivity contribution in [3.05, 3.63) is 283 Å². The summed E-state index contributed by atoms with van der Waals surface area (Å²) in [5, 5.41) is 4.70. The zero-order valence-electron chi connectivity index (χ0n) is 36.7. The molecule has 0 amide bonds. The van der Waals surface area contributed by atoms with Crippen LogP contribution in [0.5, 0.6) is 0 Å². The van der Waals surface area contributed by atoms with Crippen molar-refractivity contribution in [3.63, 3.8) is 0 Å². The maximum absolute atomic E-state index is 6.70. The highest BCUT2D eigenvalue weighted by atomic mass is 16.3. The van der Waals surface area contributed by atoms with E-state index in [4.69, 9.17) is 4.42 Å². The fourth-order valence-corrected chi connectivity index (χ4v) is 10.9. The molecule has 1 aliphatic rings. The van der Waals surface area contributed by atoms with Crippen LogP contribution in [0.2, 0.25) is 0 Å². The third kappa shape index (κ3) is 6.26. The second kappa shape index (κ2) is 15.8. The van der Waals surface area contributed by atoms with Crippen LogP contribution < -0.4 is 4.90 Å². The van der Waals surface area contributed by atoms with Crippen LogP contribution >= 0.6 is 0 Å². The second-order valence-electron chi connectivity index (χ2n) is 17.6. The lowest BCUT2D eigenvalue weighted by Crippen LogP contribution is -2.28. The first-order chi connectivity index (χ1) is 33.2. The van der Waals surface area contributed by atoms with Crippen LogP contribution in [0.4, 0.5) is 17.1 Å². The Labute approximate surface area is 390 Å². The number of hydrogen-bond donors (Lipinski definition) is 0. The summed E-state index contributed by atoms with van der Waals surface area (Å²) in [5.41, 5.74) is 19.1. The van der Waals surface area contributed by atoms with Crippen molar-refractivity contribution in [1.29, 1.82) is 0 Å². The van der Waals surface area contributed by atoms with Gasteiger partial charge in [-0.2, -0.15) is 0 Å². The molecule has 0 radical (unpaired) electrons. The van der Waals surface area contributed by atoms with Gasteiger partial charge in [0.25, 0.3) is 0 Å². The van der Waals surface area contributed by atoms with E-state index < -0.39 is 5.41 Å². The molecule has 2 nitrogen and oxygen atoms in total. The van der Waals surface area contributed by atoms with Gasteiger partial charge in [-0.25, -0.2) is 0 Å². The van der Waals surface area contributed by atoms with Crippen LogP contribution in [0.1, 0.15) is 22.3 Å². The molecule has 0 bridgehead atoms. The minimum absolute atomic E-state index is 0.462. The zero-order chi connectivity index (χ0) is 44.3. The Kier molecular flexibility index (Phi) is 9.11. The second-order valence-corrected chi connectivity index (χ2v) is 17.6. The molecular weight excluding hydrogens is 811 g/mol. The first-order valence-corrected chi connectivity index (χ1v) is 23.1. The Morgan fingerprint density at radius 3 is 1.58 bits per heavy atom. The van der Waals surface area contributed by atoms with E-state index in [1.54, 1.807) is 0 Å². The van der Waals surface area contributed by atoms with E-state index in [-0.39, 0.29) is 0 Å². The van der Waals surface area contributed by atoms with E-state index in [1.165, 1.54) is 66.4 Å². The normalized spacial score (nSPS) is 12.6. The van der Waals surface area contributed by atoms with Gasteiger partial charge in [-0.05, 0) is 126 Å². The molecule has 0 unspecified atom stereocenters. The lowest BCUT2D eigenvalue weighted by molar-refractivity contribution is 0.669. The summed E-state index contributed by atoms with van der Waals surface area (Å²) in [4.78, 5) is 2.33. The fraction of sp³-hybridized carbons (Fsp3) is 0.0154. The van der Waals surface area contributed by atoms with Crippen molar-refractivity contribution in [2.24, 2.45) is 0 Å². The maximum Gasteiger partial charge on any atom is 0.159 e. The Morgan fingerprint density at radius 2 is 0.836 bits per heavy atom. The molecule has 0 saturated heterocycles. The Bertz CT molecular complexity index is 3750. The smallest absolute Gasteiger partial charge is 0.159 e. The van der Waals surface area contributed by atoms with Gasteiger partial charge in [0.15, 0.2) is 5.58 Å². The van der Waals surface area contributed by atoms with Crippen LogP contribution in [-0.4, -0.2) is 0 Å². The van der Waals surface area contributed by atoms with Gasteiger partial charge in [0.2, 0.25) is 0 Å². The molecule has 0 spiro atoms. The van der Waals surface area contributed by atoms with Crippen LogP contribution in [0.3, 0.4) is 0 Å². The van der Waals surface area contributed by atoms with Gasteiger partial charge in [-0.15, -0.1) is 0 Å². The van der Waals surface area contributed by atoms with E-state index in [1.807, 2.05) is 6.07 Å². The summed E-state index contributed by atoms with van der Waals surface area (Å²) in [7, 11) is 0. The monoisotopic (exact) mass is 853 g/mol. The highest BCUT2D eigenvalue weighted by molar-refractivity contribution is 6.10. The number of anilines is 3. The zero-order valence-corrected chi connectivity index (χ0v) is 36.7. The van der Waals surface area contributed by atoms with E-state index in [0.29, 0.717) is 0 Å². The molecular formula is C65H43NO. The topological polar surface area (TPSA) is 16.4 Å². The summed E-state index contributed by atoms with van der Waals surface area (Å²) in [6.07, 6.45) is 0. The average molecular weight is 854 g/mol. The van der Waals surface area contributed by atoms with E-state index in [2.05, 4.69) is 260 Å². The Balaban J connectivity index is 0.919. The van der Waals surface area contributed by atoms with Crippen molar-refractivity contribution < 1.29 is 4.42 Å². The molecule has 0 fully saturated rings. The molecule has 0 N–H and O–H groups in total. The SMILES string of the molecule is c1ccc(C2(c3ccccc3)c3ccccc3-c3ccc(-c4ccc(N(c5ccc(-c6cccc(-c7cccc8ccccc78)c6)cc5)c5cccc6c5oc5ccccc56)cc4)cc32)cc1. The number of benzene rings is 11. The fourth-order valence-electron chi connectivity index (χ4n) is 10.9. The molecule has 1 heterocycles. The van der Waals surface area contributed by atoms with Gasteiger partial charge < -0.3 is 9.32 Å². The van der Waals surface area contributed by atoms with Crippen molar-refractivity contribution in [3.8, 4) is 44.5 Å². The van der Waals surface area contributed by atoms with E-state index >= 15 is 0 Å². The molecule has 12 aromatic rings. The summed E-state index contributed by atoms with van der Waals surface area (Å²) >= 11 is 0. The van der Waals surface area contributed by atoms with Gasteiger partial charge in [0, 0.05) is 22.1 Å². The molecule has 11 aromatic carbocycles. The van der Waals surface area contributed by atoms with Crippen LogP contribution in [-0.2, 0) is 5.41 Å². The Morgan fingerprint density at radius 1 is 0.313 bits per heavy atom. The summed E-state index contributed by atoms with van der Waals surface area (Å²) in [6, 6.07) is 94.9. The maximum atomic E-state index is 6.70. The highest BCUT2D eigenvalue weighted by Crippen LogP contribution is 2.57. The molecule has 0 atom stereocenters. The lowest BCUT2D eigenvalue weighted by atomic mass is 9.67. The largest absolute Gasteiger partial charge is 0.454 e. The number of furan rings is 1. The molecule has 1 aromatic heterocycles. The molecule has 1 aliphatic carbocycles. The van der Waals surface area contributed by atoms with Crippen molar-refractivity contribution in [2.75, 3.05) is 4.90 Å². The van der Waals surface area contributed by atoms with Crippen LogP contribution in [0.25, 0.3) is 77.2 Å². The first-order valence-electron chi connectivity index (χ1n) is 23.1. The Hall–Kier alpha value is -8.72. The third-order valence-electron chi connectivity index (χ3n) is 14.0. The number of rotatable bonds is 8. The van der Waals surface area contributed by atoms with Crippen molar-refractivity contribution in [1.82, 2.24) is 0 Å². The predicted octanol–water partition coefficient (Wildman–Crippen LogP) is 17.6. The van der Waals surface area contributed by atoms with Gasteiger partial charge in [-0.3, -0.25) is 0 Å². The third-order valence-corrected chi connectivity index (χ3v) is 14.0. The number of nitrogens with zero attached hydrogens (tertiary/aromatic N) is 1. The van der Waals surface area contributed by atoms with Gasteiger partial charge in [0.05, 0.1) is 11.1 Å². The lowest BCUT2D eigenvalue weighted by Gasteiger charge is -2.34.